The lowest BCUT2D eigenvalue weighted by Gasteiger charge is -2.23. The molecule has 0 spiro atoms. The Hall–Kier alpha value is -1.62. The average Bonchev–Trinajstić information content (AvgIpc) is 2.36. The topological polar surface area (TPSA) is 80.0 Å². The largest absolute Gasteiger partial charge is 0.351 e. The van der Waals surface area contributed by atoms with Gasteiger partial charge in [0.1, 0.15) is 0 Å². The molecular weight excluding hydrogens is 228 g/mol. The van der Waals surface area contributed by atoms with Crippen molar-refractivity contribution in [2.75, 3.05) is 12.0 Å². The van der Waals surface area contributed by atoms with E-state index in [0.29, 0.717) is 17.8 Å². The molecule has 0 fully saturated rings. The fourth-order valence-corrected chi connectivity index (χ4v) is 1.40. The van der Waals surface area contributed by atoms with Crippen LogP contribution in [0.3, 0.4) is 0 Å². The molecule has 0 atom stereocenters. The number of anilines is 1. The van der Waals surface area contributed by atoms with Gasteiger partial charge in [-0.1, -0.05) is 20.8 Å². The molecule has 0 aliphatic carbocycles. The highest BCUT2D eigenvalue weighted by Crippen LogP contribution is 2.19. The first-order chi connectivity index (χ1) is 8.39. The summed E-state index contributed by atoms with van der Waals surface area (Å²) in [6.07, 6.45) is 2.54. The Labute approximate surface area is 108 Å². The van der Waals surface area contributed by atoms with Crippen molar-refractivity contribution in [1.29, 1.82) is 0 Å². The molecule has 5 heteroatoms. The van der Waals surface area contributed by atoms with Gasteiger partial charge in [0.05, 0.1) is 11.3 Å². The van der Waals surface area contributed by atoms with Gasteiger partial charge in [-0.3, -0.25) is 15.6 Å². The number of hydrogen-bond acceptors (Lipinski definition) is 4. The van der Waals surface area contributed by atoms with E-state index in [1.807, 2.05) is 6.92 Å². The predicted octanol–water partition coefficient (Wildman–Crippen LogP) is 1.84. The van der Waals surface area contributed by atoms with Crippen LogP contribution >= 0.6 is 0 Å². The molecule has 0 unspecified atom stereocenters. The molecule has 0 radical (unpaired) electrons. The molecule has 1 heterocycles. The molecule has 0 aliphatic rings. The van der Waals surface area contributed by atoms with Crippen molar-refractivity contribution >= 4 is 11.6 Å². The number of rotatable bonds is 5. The number of amides is 1. The molecule has 4 N–H and O–H groups in total. The van der Waals surface area contributed by atoms with Gasteiger partial charge in [-0.05, 0) is 24.8 Å². The van der Waals surface area contributed by atoms with Crippen molar-refractivity contribution in [2.24, 2.45) is 11.3 Å². The Morgan fingerprint density at radius 3 is 2.72 bits per heavy atom. The van der Waals surface area contributed by atoms with E-state index in [1.54, 1.807) is 12.3 Å². The third-order valence-electron chi connectivity index (χ3n) is 3.13. The minimum Gasteiger partial charge on any atom is -0.351 e. The Kier molecular flexibility index (Phi) is 4.67. The smallest absolute Gasteiger partial charge is 0.255 e. The highest BCUT2D eigenvalue weighted by molar-refractivity contribution is 5.99. The van der Waals surface area contributed by atoms with Crippen molar-refractivity contribution < 1.29 is 4.79 Å². The van der Waals surface area contributed by atoms with Crippen LogP contribution in [0.5, 0.6) is 0 Å². The second kappa shape index (κ2) is 5.82. The predicted molar refractivity (Wildman–Crippen MR) is 73.2 cm³/mol. The summed E-state index contributed by atoms with van der Waals surface area (Å²) in [5.74, 6) is 5.25. The van der Waals surface area contributed by atoms with Crippen LogP contribution in [0.1, 0.15) is 43.2 Å². The Morgan fingerprint density at radius 2 is 2.17 bits per heavy atom. The van der Waals surface area contributed by atoms with Gasteiger partial charge in [-0.2, -0.15) is 0 Å². The van der Waals surface area contributed by atoms with Crippen LogP contribution in [-0.4, -0.2) is 17.4 Å². The van der Waals surface area contributed by atoms with Gasteiger partial charge in [-0.15, -0.1) is 0 Å². The second-order valence-electron chi connectivity index (χ2n) is 5.22. The zero-order valence-corrected chi connectivity index (χ0v) is 11.5. The van der Waals surface area contributed by atoms with Gasteiger partial charge < -0.3 is 10.7 Å². The maximum atomic E-state index is 12.1. The van der Waals surface area contributed by atoms with Crippen LogP contribution in [-0.2, 0) is 0 Å². The van der Waals surface area contributed by atoms with E-state index in [1.165, 1.54) is 0 Å². The lowest BCUT2D eigenvalue weighted by molar-refractivity contribution is 0.0936. The Balaban J connectivity index is 2.79. The summed E-state index contributed by atoms with van der Waals surface area (Å²) in [5, 5.41) is 2.91. The molecule has 18 heavy (non-hydrogen) atoms. The van der Waals surface area contributed by atoms with Gasteiger partial charge in [0, 0.05) is 18.4 Å². The fourth-order valence-electron chi connectivity index (χ4n) is 1.40. The first-order valence-corrected chi connectivity index (χ1v) is 6.11. The standard InChI is InChI=1S/C13H22N4O/c1-5-13(3,4)8-16-12(18)10-7-15-9(2)6-11(10)17-14/h6-7H,5,8,14H2,1-4H3,(H,15,17)(H,16,18). The monoisotopic (exact) mass is 250 g/mol. The summed E-state index contributed by atoms with van der Waals surface area (Å²) in [7, 11) is 0. The Bertz CT molecular complexity index is 429. The average molecular weight is 250 g/mol. The van der Waals surface area contributed by atoms with Crippen molar-refractivity contribution in [3.8, 4) is 0 Å². The van der Waals surface area contributed by atoms with E-state index < -0.39 is 0 Å². The number of nitrogen functional groups attached to an aromatic ring is 1. The van der Waals surface area contributed by atoms with Crippen LogP contribution in [0, 0.1) is 12.3 Å². The number of pyridine rings is 1. The number of carbonyl (C=O) groups excluding carboxylic acids is 1. The number of hydrazine groups is 1. The number of nitrogens with zero attached hydrogens (tertiary/aromatic N) is 1. The summed E-state index contributed by atoms with van der Waals surface area (Å²) in [4.78, 5) is 16.2. The van der Waals surface area contributed by atoms with Crippen molar-refractivity contribution in [3.63, 3.8) is 0 Å². The highest BCUT2D eigenvalue weighted by Gasteiger charge is 2.18. The van der Waals surface area contributed by atoms with E-state index in [0.717, 1.165) is 12.1 Å². The SMILES string of the molecule is CCC(C)(C)CNC(=O)c1cnc(C)cc1NN. The van der Waals surface area contributed by atoms with E-state index in [2.05, 4.69) is 36.5 Å². The fraction of sp³-hybridized carbons (Fsp3) is 0.538. The first-order valence-electron chi connectivity index (χ1n) is 6.11. The summed E-state index contributed by atoms with van der Waals surface area (Å²) in [6, 6.07) is 1.75. The number of nitrogens with two attached hydrogens (primary N) is 1. The Morgan fingerprint density at radius 1 is 1.50 bits per heavy atom. The van der Waals surface area contributed by atoms with E-state index in [-0.39, 0.29) is 11.3 Å². The lowest BCUT2D eigenvalue weighted by Crippen LogP contribution is -2.34. The summed E-state index contributed by atoms with van der Waals surface area (Å²) in [6.45, 7) is 8.81. The van der Waals surface area contributed by atoms with E-state index >= 15 is 0 Å². The molecule has 100 valence electrons. The van der Waals surface area contributed by atoms with E-state index in [9.17, 15) is 4.79 Å². The number of nitrogens with one attached hydrogen (secondary N) is 2. The molecule has 1 rings (SSSR count). The van der Waals surface area contributed by atoms with Crippen LogP contribution in [0.2, 0.25) is 0 Å². The number of hydrogen-bond donors (Lipinski definition) is 3. The molecule has 0 aromatic carbocycles. The van der Waals surface area contributed by atoms with Gasteiger partial charge in [0.25, 0.3) is 5.91 Å². The van der Waals surface area contributed by atoms with Crippen LogP contribution in [0.15, 0.2) is 12.3 Å². The molecule has 1 amide bonds. The quantitative estimate of drug-likeness (QED) is 0.550. The molecule has 5 nitrogen and oxygen atoms in total. The first kappa shape index (κ1) is 14.4. The molecule has 1 aromatic heterocycles. The summed E-state index contributed by atoms with van der Waals surface area (Å²) in [5.41, 5.74) is 4.49. The van der Waals surface area contributed by atoms with Crippen LogP contribution in [0.4, 0.5) is 5.69 Å². The second-order valence-corrected chi connectivity index (χ2v) is 5.22. The lowest BCUT2D eigenvalue weighted by atomic mass is 9.90. The van der Waals surface area contributed by atoms with Crippen LogP contribution < -0.4 is 16.6 Å². The highest BCUT2D eigenvalue weighted by atomic mass is 16.1. The minimum atomic E-state index is -0.156. The molecule has 0 saturated carbocycles. The van der Waals surface area contributed by atoms with Gasteiger partial charge >= 0.3 is 0 Å². The zero-order chi connectivity index (χ0) is 13.8. The third kappa shape index (κ3) is 3.70. The number of carbonyl (C=O) groups is 1. The van der Waals surface area contributed by atoms with Crippen LogP contribution in [0.25, 0.3) is 0 Å². The third-order valence-corrected chi connectivity index (χ3v) is 3.13. The molecule has 0 saturated heterocycles. The zero-order valence-electron chi connectivity index (χ0n) is 11.5. The van der Waals surface area contributed by atoms with Crippen molar-refractivity contribution in [3.05, 3.63) is 23.5 Å². The maximum absolute atomic E-state index is 12.1. The van der Waals surface area contributed by atoms with Gasteiger partial charge in [-0.25, -0.2) is 0 Å². The summed E-state index contributed by atoms with van der Waals surface area (Å²) < 4.78 is 0. The summed E-state index contributed by atoms with van der Waals surface area (Å²) >= 11 is 0. The maximum Gasteiger partial charge on any atom is 0.255 e. The van der Waals surface area contributed by atoms with Crippen molar-refractivity contribution in [1.82, 2.24) is 10.3 Å². The van der Waals surface area contributed by atoms with Gasteiger partial charge in [0.2, 0.25) is 0 Å². The van der Waals surface area contributed by atoms with Gasteiger partial charge in [0.15, 0.2) is 0 Å². The minimum absolute atomic E-state index is 0.0874. The number of aromatic nitrogens is 1. The van der Waals surface area contributed by atoms with Crippen molar-refractivity contribution in [2.45, 2.75) is 34.1 Å². The van der Waals surface area contributed by atoms with E-state index in [4.69, 9.17) is 5.84 Å². The molecule has 0 aliphatic heterocycles. The molecule has 1 aromatic rings. The number of aryl methyl sites for hydroxylation is 1. The normalized spacial score (nSPS) is 11.2. The molecular formula is C13H22N4O. The molecule has 0 bridgehead atoms.